The first-order valence-electron chi connectivity index (χ1n) is 5.83. The molecule has 0 radical (unpaired) electrons. The monoisotopic (exact) mass is 292 g/mol. The molecule has 20 heavy (non-hydrogen) atoms. The van der Waals surface area contributed by atoms with Crippen LogP contribution in [-0.2, 0) is 0 Å². The summed E-state index contributed by atoms with van der Waals surface area (Å²) in [5, 5.41) is 12.8. The topological polar surface area (TPSA) is 88.5 Å². The Kier molecular flexibility index (Phi) is 4.31. The number of carboxylic acid groups (broad SMARTS) is 1. The number of aromatic carboxylic acids is 1. The number of para-hydroxylation sites is 2. The van der Waals surface area contributed by atoms with Crippen LogP contribution in [0.1, 0.15) is 27.2 Å². The van der Waals surface area contributed by atoms with Crippen molar-refractivity contribution < 1.29 is 19.4 Å². The maximum absolute atomic E-state index is 12.0. The van der Waals surface area contributed by atoms with Crippen molar-refractivity contribution >= 4 is 28.9 Å². The molecule has 2 N–H and O–H groups in total. The second-order valence-corrected chi connectivity index (χ2v) is 4.58. The van der Waals surface area contributed by atoms with E-state index >= 15 is 0 Å². The number of nitrogens with zero attached hydrogens (tertiary/aromatic N) is 1. The van der Waals surface area contributed by atoms with Crippen LogP contribution >= 0.6 is 11.3 Å². The summed E-state index contributed by atoms with van der Waals surface area (Å²) >= 11 is 0.980. The molecule has 0 aliphatic carbocycles. The third-order valence-electron chi connectivity index (χ3n) is 2.35. The molecular weight excluding hydrogens is 280 g/mol. The van der Waals surface area contributed by atoms with Crippen molar-refractivity contribution in [1.82, 2.24) is 4.98 Å². The minimum Gasteiger partial charge on any atom is -0.492 e. The van der Waals surface area contributed by atoms with E-state index in [4.69, 9.17) is 9.84 Å². The number of amides is 1. The van der Waals surface area contributed by atoms with Crippen LogP contribution in [0.2, 0.25) is 0 Å². The molecule has 6 nitrogen and oxygen atoms in total. The molecule has 1 amide bonds. The molecule has 0 aliphatic heterocycles. The van der Waals surface area contributed by atoms with Crippen LogP contribution in [0, 0.1) is 0 Å². The van der Waals surface area contributed by atoms with Gasteiger partial charge in [0.2, 0.25) is 0 Å². The molecule has 0 atom stereocenters. The summed E-state index contributed by atoms with van der Waals surface area (Å²) in [6.07, 6.45) is 0. The van der Waals surface area contributed by atoms with Crippen LogP contribution in [0.15, 0.2) is 29.6 Å². The molecular formula is C13H12N2O4S. The summed E-state index contributed by atoms with van der Waals surface area (Å²) in [5.74, 6) is -1.07. The van der Waals surface area contributed by atoms with Crippen molar-refractivity contribution in [2.24, 2.45) is 0 Å². The first-order chi connectivity index (χ1) is 9.61. The van der Waals surface area contributed by atoms with E-state index in [2.05, 4.69) is 10.3 Å². The molecule has 1 aromatic carbocycles. The SMILES string of the molecule is CCOc1ccccc1NC(=O)c1nc(C(=O)O)cs1. The number of carboxylic acids is 1. The molecule has 104 valence electrons. The Morgan fingerprint density at radius 2 is 2.15 bits per heavy atom. The maximum Gasteiger partial charge on any atom is 0.355 e. The number of ether oxygens (including phenoxy) is 1. The van der Waals surface area contributed by atoms with Crippen molar-refractivity contribution in [1.29, 1.82) is 0 Å². The Labute approximate surface area is 119 Å². The average Bonchev–Trinajstić information content (AvgIpc) is 2.91. The Bertz CT molecular complexity index is 639. The van der Waals surface area contributed by atoms with Crippen LogP contribution in [0.4, 0.5) is 5.69 Å². The predicted octanol–water partition coefficient (Wildman–Crippen LogP) is 2.49. The minimum atomic E-state index is -1.16. The summed E-state index contributed by atoms with van der Waals surface area (Å²) in [6.45, 7) is 2.33. The van der Waals surface area contributed by atoms with E-state index in [1.165, 1.54) is 5.38 Å². The summed E-state index contributed by atoms with van der Waals surface area (Å²) < 4.78 is 5.39. The lowest BCUT2D eigenvalue weighted by Gasteiger charge is -2.10. The van der Waals surface area contributed by atoms with Crippen LogP contribution in [0.3, 0.4) is 0 Å². The smallest absolute Gasteiger partial charge is 0.355 e. The highest BCUT2D eigenvalue weighted by molar-refractivity contribution is 7.12. The summed E-state index contributed by atoms with van der Waals surface area (Å²) in [5.41, 5.74) is 0.379. The molecule has 1 heterocycles. The van der Waals surface area contributed by atoms with E-state index in [-0.39, 0.29) is 10.7 Å². The number of aromatic nitrogens is 1. The van der Waals surface area contributed by atoms with Crippen molar-refractivity contribution in [3.63, 3.8) is 0 Å². The third-order valence-corrected chi connectivity index (χ3v) is 3.19. The zero-order valence-corrected chi connectivity index (χ0v) is 11.4. The van der Waals surface area contributed by atoms with Gasteiger partial charge in [-0.3, -0.25) is 4.79 Å². The van der Waals surface area contributed by atoms with Crippen LogP contribution in [0.5, 0.6) is 5.75 Å². The van der Waals surface area contributed by atoms with Gasteiger partial charge in [-0.2, -0.15) is 0 Å². The number of hydrogen-bond donors (Lipinski definition) is 2. The molecule has 0 fully saturated rings. The Hall–Kier alpha value is -2.41. The van der Waals surface area contributed by atoms with Gasteiger partial charge in [-0.25, -0.2) is 9.78 Å². The summed E-state index contributed by atoms with van der Waals surface area (Å²) in [4.78, 5) is 26.5. The van der Waals surface area contributed by atoms with Crippen LogP contribution < -0.4 is 10.1 Å². The van der Waals surface area contributed by atoms with Crippen molar-refractivity contribution in [2.75, 3.05) is 11.9 Å². The number of anilines is 1. The van der Waals surface area contributed by atoms with Gasteiger partial charge in [-0.1, -0.05) is 12.1 Å². The van der Waals surface area contributed by atoms with Gasteiger partial charge < -0.3 is 15.2 Å². The molecule has 0 aliphatic rings. The number of hydrogen-bond acceptors (Lipinski definition) is 5. The number of rotatable bonds is 5. The first-order valence-corrected chi connectivity index (χ1v) is 6.71. The summed E-state index contributed by atoms with van der Waals surface area (Å²) in [7, 11) is 0. The molecule has 0 spiro atoms. The maximum atomic E-state index is 12.0. The van der Waals surface area contributed by atoms with E-state index in [9.17, 15) is 9.59 Å². The van der Waals surface area contributed by atoms with Crippen molar-refractivity contribution in [3.05, 3.63) is 40.3 Å². The van der Waals surface area contributed by atoms with E-state index in [1.807, 2.05) is 6.92 Å². The number of thiazole rings is 1. The molecule has 1 aromatic heterocycles. The molecule has 2 rings (SSSR count). The van der Waals surface area contributed by atoms with E-state index in [0.29, 0.717) is 18.0 Å². The quantitative estimate of drug-likeness (QED) is 0.883. The highest BCUT2D eigenvalue weighted by Gasteiger charge is 2.16. The van der Waals surface area contributed by atoms with Gasteiger partial charge in [-0.15, -0.1) is 11.3 Å². The Morgan fingerprint density at radius 1 is 1.40 bits per heavy atom. The fourth-order valence-electron chi connectivity index (χ4n) is 1.50. The third kappa shape index (κ3) is 3.12. The van der Waals surface area contributed by atoms with Crippen LogP contribution in [0.25, 0.3) is 0 Å². The molecule has 0 bridgehead atoms. The van der Waals surface area contributed by atoms with E-state index in [0.717, 1.165) is 11.3 Å². The standard InChI is InChI=1S/C13H12N2O4S/c1-2-19-10-6-4-3-5-8(10)14-11(16)12-15-9(7-20-12)13(17)18/h3-7H,2H2,1H3,(H,14,16)(H,17,18). The fourth-order valence-corrected chi connectivity index (χ4v) is 2.19. The average molecular weight is 292 g/mol. The molecule has 0 saturated heterocycles. The highest BCUT2D eigenvalue weighted by atomic mass is 32.1. The minimum absolute atomic E-state index is 0.0914. The van der Waals surface area contributed by atoms with Crippen molar-refractivity contribution in [2.45, 2.75) is 6.92 Å². The number of benzene rings is 1. The summed E-state index contributed by atoms with van der Waals surface area (Å²) in [6, 6.07) is 7.01. The Balaban J connectivity index is 2.16. The second kappa shape index (κ2) is 6.16. The molecule has 0 unspecified atom stereocenters. The van der Waals surface area contributed by atoms with Gasteiger partial charge in [0, 0.05) is 5.38 Å². The Morgan fingerprint density at radius 3 is 2.80 bits per heavy atom. The van der Waals surface area contributed by atoms with Gasteiger partial charge in [-0.05, 0) is 19.1 Å². The highest BCUT2D eigenvalue weighted by Crippen LogP contribution is 2.24. The molecule has 0 saturated carbocycles. The fraction of sp³-hybridized carbons (Fsp3) is 0.154. The predicted molar refractivity (Wildman–Crippen MR) is 74.6 cm³/mol. The van der Waals surface area contributed by atoms with Gasteiger partial charge in [0.15, 0.2) is 10.7 Å². The molecule has 2 aromatic rings. The van der Waals surface area contributed by atoms with Gasteiger partial charge in [0.1, 0.15) is 5.75 Å². The number of nitrogens with one attached hydrogen (secondary N) is 1. The van der Waals surface area contributed by atoms with Gasteiger partial charge in [0.05, 0.1) is 12.3 Å². The van der Waals surface area contributed by atoms with Crippen LogP contribution in [-0.4, -0.2) is 28.6 Å². The second-order valence-electron chi connectivity index (χ2n) is 3.73. The van der Waals surface area contributed by atoms with E-state index < -0.39 is 11.9 Å². The van der Waals surface area contributed by atoms with Gasteiger partial charge in [0.25, 0.3) is 5.91 Å². The zero-order valence-electron chi connectivity index (χ0n) is 10.6. The lowest BCUT2D eigenvalue weighted by atomic mass is 10.3. The largest absolute Gasteiger partial charge is 0.492 e. The molecule has 7 heteroatoms. The van der Waals surface area contributed by atoms with Crippen molar-refractivity contribution in [3.8, 4) is 5.75 Å². The zero-order chi connectivity index (χ0) is 14.5. The van der Waals surface area contributed by atoms with Gasteiger partial charge >= 0.3 is 5.97 Å². The normalized spacial score (nSPS) is 10.1. The lowest BCUT2D eigenvalue weighted by molar-refractivity contribution is 0.0691. The first kappa shape index (κ1) is 14.0. The number of carbonyl (C=O) groups excluding carboxylic acids is 1. The van der Waals surface area contributed by atoms with E-state index in [1.54, 1.807) is 24.3 Å². The number of carbonyl (C=O) groups is 2. The lowest BCUT2D eigenvalue weighted by Crippen LogP contribution is -2.13.